The molecule has 12 heavy (non-hydrogen) atoms. The van der Waals surface area contributed by atoms with Gasteiger partial charge in [0.15, 0.2) is 6.33 Å². The molecular formula is C8H13N3O. The van der Waals surface area contributed by atoms with Gasteiger partial charge in [-0.3, -0.25) is 0 Å². The molecule has 0 aliphatic heterocycles. The van der Waals surface area contributed by atoms with Crippen LogP contribution in [0.4, 0.5) is 0 Å². The number of nitrogens with zero attached hydrogens (tertiary/aromatic N) is 2. The highest BCUT2D eigenvalue weighted by Gasteiger charge is 1.95. The van der Waals surface area contributed by atoms with Crippen molar-refractivity contribution in [2.75, 3.05) is 13.1 Å². The minimum Gasteiger partial charge on any atom is -0.340 e. The Kier molecular flexibility index (Phi) is 4.08. The number of nitrogens with one attached hydrogen (secondary N) is 1. The van der Waals surface area contributed by atoms with Gasteiger partial charge in [-0.2, -0.15) is 4.98 Å². The molecule has 0 atom stereocenters. The fourth-order valence-electron chi connectivity index (χ4n) is 0.805. The summed E-state index contributed by atoms with van der Waals surface area (Å²) >= 11 is 0. The summed E-state index contributed by atoms with van der Waals surface area (Å²) in [6.07, 6.45) is 6.28. The van der Waals surface area contributed by atoms with Gasteiger partial charge in [0.25, 0.3) is 0 Å². The molecular weight excluding hydrogens is 154 g/mol. The van der Waals surface area contributed by atoms with Crippen molar-refractivity contribution in [3.05, 3.63) is 24.4 Å². The van der Waals surface area contributed by atoms with Crippen LogP contribution in [-0.2, 0) is 6.42 Å². The van der Waals surface area contributed by atoms with Crippen LogP contribution in [0.5, 0.6) is 0 Å². The Morgan fingerprint density at radius 3 is 3.25 bits per heavy atom. The first-order chi connectivity index (χ1) is 5.93. The molecule has 0 aliphatic carbocycles. The topological polar surface area (TPSA) is 51.0 Å². The lowest BCUT2D eigenvalue weighted by Crippen LogP contribution is -2.16. The molecule has 4 heteroatoms. The molecule has 4 nitrogen and oxygen atoms in total. The van der Waals surface area contributed by atoms with Crippen molar-refractivity contribution in [3.8, 4) is 0 Å². The zero-order chi connectivity index (χ0) is 8.65. The number of rotatable bonds is 5. The van der Waals surface area contributed by atoms with Gasteiger partial charge in [-0.25, -0.2) is 0 Å². The smallest absolute Gasteiger partial charge is 0.227 e. The van der Waals surface area contributed by atoms with E-state index in [-0.39, 0.29) is 0 Å². The lowest BCUT2D eigenvalue weighted by Gasteiger charge is -1.96. The van der Waals surface area contributed by atoms with Gasteiger partial charge in [0.05, 0.1) is 0 Å². The molecule has 0 saturated heterocycles. The predicted molar refractivity (Wildman–Crippen MR) is 45.7 cm³/mol. The number of hydrogen-bond acceptors (Lipinski definition) is 4. The molecule has 0 aromatic carbocycles. The molecule has 0 radical (unpaired) electrons. The van der Waals surface area contributed by atoms with E-state index in [1.807, 2.05) is 13.0 Å². The maximum atomic E-state index is 4.82. The quantitative estimate of drug-likeness (QED) is 0.520. The van der Waals surface area contributed by atoms with E-state index in [1.165, 1.54) is 6.33 Å². The van der Waals surface area contributed by atoms with E-state index in [2.05, 4.69) is 21.5 Å². The Labute approximate surface area is 71.7 Å². The van der Waals surface area contributed by atoms with Crippen LogP contribution in [0.15, 0.2) is 23.0 Å². The molecule has 1 aromatic heterocycles. The largest absolute Gasteiger partial charge is 0.340 e. The summed E-state index contributed by atoms with van der Waals surface area (Å²) in [4.78, 5) is 3.90. The zero-order valence-corrected chi connectivity index (χ0v) is 7.16. The Balaban J connectivity index is 2.03. The number of hydrogen-bond donors (Lipinski definition) is 1. The van der Waals surface area contributed by atoms with Crippen LogP contribution in [-0.4, -0.2) is 23.2 Å². The normalized spacial score (nSPS) is 11.1. The van der Waals surface area contributed by atoms with Crippen LogP contribution in [0.25, 0.3) is 0 Å². The standard InChI is InChI=1S/C8H13N3O/c1-2-3-5-9-6-4-8-10-7-11-12-8/h2-3,7,9H,4-6H2,1H3/b3-2+. The van der Waals surface area contributed by atoms with E-state index < -0.39 is 0 Å². The molecule has 1 N–H and O–H groups in total. The van der Waals surface area contributed by atoms with Crippen LogP contribution in [0.3, 0.4) is 0 Å². The van der Waals surface area contributed by atoms with Gasteiger partial charge in [-0.05, 0) is 6.92 Å². The van der Waals surface area contributed by atoms with Gasteiger partial charge in [-0.1, -0.05) is 17.3 Å². The van der Waals surface area contributed by atoms with Crippen molar-refractivity contribution in [3.63, 3.8) is 0 Å². The molecule has 0 bridgehead atoms. The first-order valence-electron chi connectivity index (χ1n) is 4.01. The third kappa shape index (κ3) is 3.30. The molecule has 66 valence electrons. The lowest BCUT2D eigenvalue weighted by atomic mass is 10.4. The SMILES string of the molecule is C/C=C/CNCCc1ncno1. The van der Waals surface area contributed by atoms with Crippen molar-refractivity contribution in [1.82, 2.24) is 15.5 Å². The molecule has 0 unspecified atom stereocenters. The average molecular weight is 167 g/mol. The molecule has 0 amide bonds. The van der Waals surface area contributed by atoms with Crippen molar-refractivity contribution in [2.24, 2.45) is 0 Å². The lowest BCUT2D eigenvalue weighted by molar-refractivity contribution is 0.375. The molecule has 0 spiro atoms. The third-order valence-electron chi connectivity index (χ3n) is 1.42. The molecule has 1 aromatic rings. The van der Waals surface area contributed by atoms with Gasteiger partial charge < -0.3 is 9.84 Å². The predicted octanol–water partition coefficient (Wildman–Crippen LogP) is 0.778. The molecule has 0 saturated carbocycles. The molecule has 0 aliphatic rings. The van der Waals surface area contributed by atoms with Gasteiger partial charge in [-0.15, -0.1) is 0 Å². The van der Waals surface area contributed by atoms with Gasteiger partial charge >= 0.3 is 0 Å². The summed E-state index contributed by atoms with van der Waals surface area (Å²) < 4.78 is 4.82. The Bertz CT molecular complexity index is 218. The second-order valence-corrected chi connectivity index (χ2v) is 2.36. The molecule has 1 rings (SSSR count). The minimum atomic E-state index is 0.683. The summed E-state index contributed by atoms with van der Waals surface area (Å²) in [5.41, 5.74) is 0. The van der Waals surface area contributed by atoms with Crippen molar-refractivity contribution >= 4 is 0 Å². The first kappa shape index (κ1) is 8.93. The van der Waals surface area contributed by atoms with Crippen molar-refractivity contribution < 1.29 is 4.52 Å². The fraction of sp³-hybridized carbons (Fsp3) is 0.500. The summed E-state index contributed by atoms with van der Waals surface area (Å²) in [6, 6.07) is 0. The van der Waals surface area contributed by atoms with Crippen LogP contribution < -0.4 is 5.32 Å². The summed E-state index contributed by atoms with van der Waals surface area (Å²) in [7, 11) is 0. The minimum absolute atomic E-state index is 0.683. The molecule has 1 heterocycles. The second-order valence-electron chi connectivity index (χ2n) is 2.36. The van der Waals surface area contributed by atoms with Crippen LogP contribution >= 0.6 is 0 Å². The second kappa shape index (κ2) is 5.49. The van der Waals surface area contributed by atoms with Gasteiger partial charge in [0.1, 0.15) is 0 Å². The maximum absolute atomic E-state index is 4.82. The number of allylic oxidation sites excluding steroid dienone is 1. The van der Waals surface area contributed by atoms with Crippen molar-refractivity contribution in [1.29, 1.82) is 0 Å². The summed E-state index contributed by atoms with van der Waals surface area (Å²) in [6.45, 7) is 3.76. The number of aromatic nitrogens is 2. The monoisotopic (exact) mass is 167 g/mol. The van der Waals surface area contributed by atoms with Gasteiger partial charge in [0.2, 0.25) is 5.89 Å². The maximum Gasteiger partial charge on any atom is 0.227 e. The average Bonchev–Trinajstić information content (AvgIpc) is 2.57. The van der Waals surface area contributed by atoms with E-state index in [0.29, 0.717) is 5.89 Å². The van der Waals surface area contributed by atoms with Gasteiger partial charge in [0, 0.05) is 19.5 Å². The Hall–Kier alpha value is -1.16. The van der Waals surface area contributed by atoms with Crippen LogP contribution in [0.1, 0.15) is 12.8 Å². The van der Waals surface area contributed by atoms with E-state index in [9.17, 15) is 0 Å². The molecule has 0 fully saturated rings. The highest BCUT2D eigenvalue weighted by atomic mass is 16.5. The highest BCUT2D eigenvalue weighted by Crippen LogP contribution is 1.89. The van der Waals surface area contributed by atoms with E-state index >= 15 is 0 Å². The van der Waals surface area contributed by atoms with Crippen LogP contribution in [0, 0.1) is 0 Å². The highest BCUT2D eigenvalue weighted by molar-refractivity contribution is 4.81. The van der Waals surface area contributed by atoms with E-state index in [1.54, 1.807) is 0 Å². The third-order valence-corrected chi connectivity index (χ3v) is 1.42. The van der Waals surface area contributed by atoms with Crippen LogP contribution in [0.2, 0.25) is 0 Å². The van der Waals surface area contributed by atoms with E-state index in [4.69, 9.17) is 4.52 Å². The fourth-order valence-corrected chi connectivity index (χ4v) is 0.805. The first-order valence-corrected chi connectivity index (χ1v) is 4.01. The van der Waals surface area contributed by atoms with Crippen molar-refractivity contribution in [2.45, 2.75) is 13.3 Å². The zero-order valence-electron chi connectivity index (χ0n) is 7.16. The summed E-state index contributed by atoms with van der Waals surface area (Å²) in [5.74, 6) is 0.683. The Morgan fingerprint density at radius 2 is 2.58 bits per heavy atom. The van der Waals surface area contributed by atoms with E-state index in [0.717, 1.165) is 19.5 Å². The summed E-state index contributed by atoms with van der Waals surface area (Å²) in [5, 5.41) is 6.72. The Morgan fingerprint density at radius 1 is 1.67 bits per heavy atom.